The first kappa shape index (κ1) is 19.3. The van der Waals surface area contributed by atoms with E-state index >= 15 is 0 Å². The van der Waals surface area contributed by atoms with E-state index in [9.17, 15) is 8.42 Å². The monoisotopic (exact) mass is 363 g/mol. The lowest BCUT2D eigenvalue weighted by molar-refractivity contribution is 0.410. The van der Waals surface area contributed by atoms with Gasteiger partial charge in [0.15, 0.2) is 0 Å². The van der Waals surface area contributed by atoms with Crippen molar-refractivity contribution in [1.29, 1.82) is 5.41 Å². The Morgan fingerprint density at radius 3 is 2.44 bits per heavy atom. The van der Waals surface area contributed by atoms with Crippen molar-refractivity contribution in [2.75, 3.05) is 25.0 Å². The minimum absolute atomic E-state index is 0.182. The first-order chi connectivity index (χ1) is 12.0. The molecule has 1 aromatic rings. The predicted octanol–water partition coefficient (Wildman–Crippen LogP) is 2.62. The summed E-state index contributed by atoms with van der Waals surface area (Å²) in [5, 5.41) is 10.6. The molecule has 25 heavy (non-hydrogen) atoms. The quantitative estimate of drug-likeness (QED) is 0.695. The summed E-state index contributed by atoms with van der Waals surface area (Å²) in [6.45, 7) is 5.48. The summed E-state index contributed by atoms with van der Waals surface area (Å²) in [5.74, 6) is 0.456. The Bertz CT molecular complexity index is 735. The van der Waals surface area contributed by atoms with Crippen LogP contribution in [0.4, 0.5) is 5.69 Å². The van der Waals surface area contributed by atoms with E-state index < -0.39 is 10.0 Å². The van der Waals surface area contributed by atoms with Crippen molar-refractivity contribution < 1.29 is 8.42 Å². The zero-order valence-corrected chi connectivity index (χ0v) is 15.5. The maximum Gasteiger partial charge on any atom is 0.243 e. The van der Waals surface area contributed by atoms with E-state index in [2.05, 4.69) is 15.3 Å². The van der Waals surface area contributed by atoms with Crippen LogP contribution in [0.1, 0.15) is 26.7 Å². The molecule has 0 aromatic heterocycles. The van der Waals surface area contributed by atoms with Crippen molar-refractivity contribution in [3.63, 3.8) is 0 Å². The third kappa shape index (κ3) is 4.73. The molecule has 1 atom stereocenters. The largest absolute Gasteiger partial charge is 0.343 e. The number of rotatable bonds is 8. The van der Waals surface area contributed by atoms with Crippen LogP contribution >= 0.6 is 0 Å². The maximum absolute atomic E-state index is 12.7. The number of hydrogen-bond acceptors (Lipinski definition) is 6. The molecule has 0 bridgehead atoms. The summed E-state index contributed by atoms with van der Waals surface area (Å²) >= 11 is 0. The number of nitrogens with zero attached hydrogens (tertiary/aromatic N) is 3. The molecule has 8 heteroatoms. The van der Waals surface area contributed by atoms with Gasteiger partial charge in [0.1, 0.15) is 12.2 Å². The van der Waals surface area contributed by atoms with Gasteiger partial charge in [0.2, 0.25) is 10.0 Å². The second-order valence-electron chi connectivity index (χ2n) is 5.82. The molecule has 2 rings (SSSR count). The van der Waals surface area contributed by atoms with Crippen molar-refractivity contribution in [3.8, 4) is 0 Å². The highest BCUT2D eigenvalue weighted by molar-refractivity contribution is 7.89. The van der Waals surface area contributed by atoms with E-state index in [1.807, 2.05) is 13.8 Å². The molecule has 0 aliphatic carbocycles. The molecule has 0 amide bonds. The Kier molecular flexibility index (Phi) is 6.83. The average molecular weight is 363 g/mol. The Hall–Kier alpha value is -2.06. The van der Waals surface area contributed by atoms with Crippen LogP contribution in [0.25, 0.3) is 0 Å². The molecule has 1 aliphatic heterocycles. The van der Waals surface area contributed by atoms with E-state index in [4.69, 9.17) is 5.41 Å². The Labute approximate surface area is 149 Å². The van der Waals surface area contributed by atoms with E-state index in [-0.39, 0.29) is 10.8 Å². The van der Waals surface area contributed by atoms with Gasteiger partial charge in [-0.15, -0.1) is 0 Å². The minimum Gasteiger partial charge on any atom is -0.343 e. The molecule has 0 saturated heterocycles. The van der Waals surface area contributed by atoms with Crippen LogP contribution in [0.2, 0.25) is 0 Å². The predicted molar refractivity (Wildman–Crippen MR) is 102 cm³/mol. The fourth-order valence-corrected chi connectivity index (χ4v) is 4.18. The lowest BCUT2D eigenvalue weighted by Gasteiger charge is -2.21. The van der Waals surface area contributed by atoms with E-state index in [1.54, 1.807) is 24.3 Å². The second-order valence-corrected chi connectivity index (χ2v) is 7.76. The van der Waals surface area contributed by atoms with Crippen LogP contribution < -0.4 is 5.32 Å². The molecule has 0 fully saturated rings. The van der Waals surface area contributed by atoms with Gasteiger partial charge in [0, 0.05) is 25.0 Å². The van der Waals surface area contributed by atoms with Gasteiger partial charge < -0.3 is 10.7 Å². The number of nitrogens with one attached hydrogen (secondary N) is 2. The Morgan fingerprint density at radius 1 is 1.24 bits per heavy atom. The zero-order chi connectivity index (χ0) is 18.3. The lowest BCUT2D eigenvalue weighted by Crippen LogP contribution is -2.32. The zero-order valence-electron chi connectivity index (χ0n) is 14.6. The summed E-state index contributed by atoms with van der Waals surface area (Å²) in [6, 6.07) is 6.65. The molecule has 0 radical (unpaired) electrons. The van der Waals surface area contributed by atoms with Gasteiger partial charge in [0.25, 0.3) is 0 Å². The first-order valence-corrected chi connectivity index (χ1v) is 9.90. The van der Waals surface area contributed by atoms with Crippen molar-refractivity contribution in [2.45, 2.75) is 31.6 Å². The fourth-order valence-electron chi connectivity index (χ4n) is 2.56. The van der Waals surface area contributed by atoms with Gasteiger partial charge in [-0.3, -0.25) is 4.99 Å². The number of hydrogen-bond donors (Lipinski definition) is 2. The van der Waals surface area contributed by atoms with Gasteiger partial charge >= 0.3 is 0 Å². The number of benzene rings is 1. The van der Waals surface area contributed by atoms with Crippen LogP contribution in [0.15, 0.2) is 39.1 Å². The van der Waals surface area contributed by atoms with Gasteiger partial charge in [-0.25, -0.2) is 13.4 Å². The topological polar surface area (TPSA) is 98.0 Å². The third-order valence-electron chi connectivity index (χ3n) is 3.84. The summed E-state index contributed by atoms with van der Waals surface area (Å²) in [7, 11) is -3.47. The summed E-state index contributed by atoms with van der Waals surface area (Å²) in [6.07, 6.45) is 4.33. The van der Waals surface area contributed by atoms with Gasteiger partial charge in [-0.05, 0) is 37.1 Å². The highest BCUT2D eigenvalue weighted by Gasteiger charge is 2.23. The molecule has 136 valence electrons. The van der Waals surface area contributed by atoms with Crippen LogP contribution in [-0.4, -0.2) is 50.7 Å². The normalized spacial score (nSPS) is 17.4. The van der Waals surface area contributed by atoms with Crippen LogP contribution in [0.5, 0.6) is 0 Å². The third-order valence-corrected chi connectivity index (χ3v) is 5.76. The molecule has 1 heterocycles. The van der Waals surface area contributed by atoms with E-state index in [0.29, 0.717) is 25.5 Å². The standard InChI is InChI=1S/C17H25N5O2S/c1-3-9-22(10-4-2)25(23,24)16-7-5-15(6-8-16)21-17-14(11-18)12-19-13-20-17/h5-8,11,13-14,18H,3-4,9-10,12H2,1-2H3,(H,19,20,21). The summed E-state index contributed by atoms with van der Waals surface area (Å²) in [5.41, 5.74) is 0.734. The first-order valence-electron chi connectivity index (χ1n) is 8.46. The highest BCUT2D eigenvalue weighted by Crippen LogP contribution is 2.20. The number of aliphatic imine (C=N–C) groups is 2. The molecule has 1 aliphatic rings. The fraction of sp³-hybridized carbons (Fsp3) is 0.471. The molecular formula is C17H25N5O2S. The minimum atomic E-state index is -3.47. The van der Waals surface area contributed by atoms with Gasteiger partial charge in [-0.2, -0.15) is 4.31 Å². The number of amidine groups is 1. The smallest absolute Gasteiger partial charge is 0.243 e. The van der Waals surface area contributed by atoms with E-state index in [0.717, 1.165) is 18.5 Å². The van der Waals surface area contributed by atoms with Crippen LogP contribution in [0, 0.1) is 11.3 Å². The number of sulfonamides is 1. The Balaban J connectivity index is 2.17. The number of anilines is 1. The van der Waals surface area contributed by atoms with Crippen molar-refractivity contribution >= 4 is 34.1 Å². The molecule has 1 unspecified atom stereocenters. The van der Waals surface area contributed by atoms with Gasteiger partial charge in [0.05, 0.1) is 17.4 Å². The van der Waals surface area contributed by atoms with Crippen LogP contribution in [0.3, 0.4) is 0 Å². The van der Waals surface area contributed by atoms with E-state index in [1.165, 1.54) is 16.9 Å². The molecule has 2 N–H and O–H groups in total. The molecule has 7 nitrogen and oxygen atoms in total. The molecular weight excluding hydrogens is 338 g/mol. The van der Waals surface area contributed by atoms with Gasteiger partial charge in [-0.1, -0.05) is 13.8 Å². The Morgan fingerprint density at radius 2 is 1.88 bits per heavy atom. The van der Waals surface area contributed by atoms with Crippen molar-refractivity contribution in [3.05, 3.63) is 24.3 Å². The van der Waals surface area contributed by atoms with Crippen molar-refractivity contribution in [1.82, 2.24) is 4.31 Å². The average Bonchev–Trinajstić information content (AvgIpc) is 2.62. The second kappa shape index (κ2) is 8.87. The van der Waals surface area contributed by atoms with Crippen LogP contribution in [-0.2, 0) is 10.0 Å². The van der Waals surface area contributed by atoms with Crippen molar-refractivity contribution in [2.24, 2.45) is 15.9 Å². The summed E-state index contributed by atoms with van der Waals surface area (Å²) < 4.78 is 27.0. The lowest BCUT2D eigenvalue weighted by atomic mass is 10.1. The molecule has 0 saturated carbocycles. The molecule has 1 aromatic carbocycles. The summed E-state index contributed by atoms with van der Waals surface area (Å²) in [4.78, 5) is 8.48. The SMILES string of the molecule is CCCN(CCC)S(=O)(=O)c1ccc(NC2=NC=NCC2C=N)cc1. The molecule has 0 spiro atoms. The highest BCUT2D eigenvalue weighted by atomic mass is 32.2. The maximum atomic E-state index is 12.7.